The molecule has 1 aliphatic carbocycles. The molecule has 47 heavy (non-hydrogen) atoms. The summed E-state index contributed by atoms with van der Waals surface area (Å²) < 4.78 is 26.3. The quantitative estimate of drug-likeness (QED) is 0.241. The van der Waals surface area contributed by atoms with Crippen LogP contribution in [0.15, 0.2) is 48.5 Å². The molecular formula is C37H51ClFN3O5. The van der Waals surface area contributed by atoms with Crippen molar-refractivity contribution in [3.8, 4) is 0 Å². The number of nitrogens with one attached hydrogen (secondary N) is 1. The van der Waals surface area contributed by atoms with Crippen molar-refractivity contribution in [2.45, 2.75) is 88.9 Å². The minimum absolute atomic E-state index is 0.0267. The Labute approximate surface area is 283 Å². The Morgan fingerprint density at radius 1 is 0.957 bits per heavy atom. The van der Waals surface area contributed by atoms with Gasteiger partial charge in [-0.3, -0.25) is 0 Å². The first kappa shape index (κ1) is 35.4. The summed E-state index contributed by atoms with van der Waals surface area (Å²) in [6, 6.07) is 14.0. The number of nitrogens with zero attached hydrogens (tertiary/aromatic N) is 2. The van der Waals surface area contributed by atoms with Crippen LogP contribution in [0.5, 0.6) is 0 Å². The van der Waals surface area contributed by atoms with Gasteiger partial charge in [0.25, 0.3) is 0 Å². The zero-order valence-corrected chi connectivity index (χ0v) is 28.4. The van der Waals surface area contributed by atoms with E-state index < -0.39 is 11.4 Å². The van der Waals surface area contributed by atoms with Crippen LogP contribution >= 0.6 is 11.6 Å². The second kappa shape index (κ2) is 17.0. The fourth-order valence-corrected chi connectivity index (χ4v) is 8.24. The van der Waals surface area contributed by atoms with Gasteiger partial charge in [-0.05, 0) is 62.0 Å². The smallest absolute Gasteiger partial charge is 0.410 e. The third-order valence-corrected chi connectivity index (χ3v) is 10.9. The first-order chi connectivity index (χ1) is 22.8. The maximum Gasteiger partial charge on any atom is 0.410 e. The van der Waals surface area contributed by atoms with Gasteiger partial charge in [0.05, 0.1) is 16.7 Å². The highest BCUT2D eigenvalue weighted by atomic mass is 35.5. The minimum atomic E-state index is -1.49. The molecule has 2 aromatic carbocycles. The van der Waals surface area contributed by atoms with E-state index in [4.69, 9.17) is 21.1 Å². The minimum Gasteiger partial charge on any atom is -0.445 e. The molecule has 3 amide bonds. The molecule has 3 fully saturated rings. The molecular weight excluding hydrogens is 621 g/mol. The predicted molar refractivity (Wildman–Crippen MR) is 181 cm³/mol. The number of unbranched alkanes of at least 4 members (excludes halogenated alkanes) is 1. The number of rotatable bonds is 11. The molecule has 5 rings (SSSR count). The van der Waals surface area contributed by atoms with E-state index in [1.807, 2.05) is 30.3 Å². The van der Waals surface area contributed by atoms with E-state index in [2.05, 4.69) is 5.32 Å². The van der Waals surface area contributed by atoms with Crippen LogP contribution in [-0.2, 0) is 21.7 Å². The Kier molecular flexibility index (Phi) is 12.8. The van der Waals surface area contributed by atoms with Crippen LogP contribution in [0.3, 0.4) is 0 Å². The second-order valence-electron chi connectivity index (χ2n) is 13.7. The van der Waals surface area contributed by atoms with Crippen molar-refractivity contribution in [1.82, 2.24) is 15.1 Å². The van der Waals surface area contributed by atoms with E-state index in [1.165, 1.54) is 25.3 Å². The van der Waals surface area contributed by atoms with Gasteiger partial charge in [-0.15, -0.1) is 0 Å². The number of halogens is 2. The van der Waals surface area contributed by atoms with Crippen LogP contribution in [0.2, 0.25) is 5.02 Å². The first-order valence-corrected chi connectivity index (χ1v) is 17.8. The zero-order chi connectivity index (χ0) is 33.2. The van der Waals surface area contributed by atoms with E-state index >= 15 is 4.39 Å². The number of benzene rings is 2. The van der Waals surface area contributed by atoms with Gasteiger partial charge in [-0.25, -0.2) is 14.0 Å². The molecule has 0 radical (unpaired) electrons. The van der Waals surface area contributed by atoms with E-state index in [0.29, 0.717) is 64.4 Å². The lowest BCUT2D eigenvalue weighted by Gasteiger charge is -2.45. The number of aliphatic hydroxyl groups is 1. The van der Waals surface area contributed by atoms with Crippen LogP contribution in [0.4, 0.5) is 14.0 Å². The molecule has 4 atom stereocenters. The number of hydrogen-bond donors (Lipinski definition) is 2. The molecule has 0 unspecified atom stereocenters. The highest BCUT2D eigenvalue weighted by Crippen LogP contribution is 2.42. The Balaban J connectivity index is 1.29. The topological polar surface area (TPSA) is 91.3 Å². The van der Waals surface area contributed by atoms with Gasteiger partial charge in [-0.1, -0.05) is 86.2 Å². The monoisotopic (exact) mass is 671 g/mol. The van der Waals surface area contributed by atoms with E-state index in [-0.39, 0.29) is 47.2 Å². The zero-order valence-electron chi connectivity index (χ0n) is 27.7. The maximum atomic E-state index is 15.4. The number of methoxy groups -OCH3 is 1. The first-order valence-electron chi connectivity index (χ1n) is 17.5. The van der Waals surface area contributed by atoms with Crippen molar-refractivity contribution >= 4 is 23.7 Å². The average molecular weight is 672 g/mol. The number of hydrogen-bond acceptors (Lipinski definition) is 5. The highest BCUT2D eigenvalue weighted by Gasteiger charge is 2.44. The number of urea groups is 1. The molecule has 2 aliphatic heterocycles. The van der Waals surface area contributed by atoms with Gasteiger partial charge in [0.15, 0.2) is 0 Å². The SMILES string of the molecule is COCCCC[C@@](O)(c1cccc(Cl)c1F)[C@@H]1CCCN(C(=O)N[C@@H]2CN(C(=O)OCc3ccccc3)CC[C@H]2C2CCCCC2)C1. The van der Waals surface area contributed by atoms with Crippen LogP contribution in [0.1, 0.15) is 81.8 Å². The van der Waals surface area contributed by atoms with Gasteiger partial charge in [-0.2, -0.15) is 0 Å². The summed E-state index contributed by atoms with van der Waals surface area (Å²) in [7, 11) is 1.64. The standard InChI is InChI=1S/C37H51ClFN3O5/c1-46-23-9-8-20-37(45,31-17-10-18-32(38)34(31)39)29-16-11-21-41(24-29)35(43)40-33-25-42(22-19-30(33)28-14-6-3-7-15-28)36(44)47-26-27-12-4-2-5-13-27/h2,4-5,10,12-13,17-18,28-30,33,45H,3,6-9,11,14-16,19-26H2,1H3,(H,40,43)/t29-,30+,33-,37+/m1/s1. The van der Waals surface area contributed by atoms with E-state index in [1.54, 1.807) is 29.0 Å². The molecule has 1 saturated carbocycles. The van der Waals surface area contributed by atoms with Gasteiger partial charge < -0.3 is 29.7 Å². The third kappa shape index (κ3) is 8.98. The van der Waals surface area contributed by atoms with Crippen molar-refractivity contribution < 1.29 is 28.6 Å². The molecule has 2 heterocycles. The summed E-state index contributed by atoms with van der Waals surface area (Å²) in [5.41, 5.74) is -0.376. The number of piperidine rings is 2. The van der Waals surface area contributed by atoms with Crippen molar-refractivity contribution in [1.29, 1.82) is 0 Å². The lowest BCUT2D eigenvalue weighted by atomic mass is 9.73. The fraction of sp³-hybridized carbons (Fsp3) is 0.622. The fourth-order valence-electron chi connectivity index (χ4n) is 8.06. The Morgan fingerprint density at radius 2 is 1.74 bits per heavy atom. The molecule has 0 bridgehead atoms. The number of carbonyl (C=O) groups excluding carboxylic acids is 2. The van der Waals surface area contributed by atoms with Crippen LogP contribution in [0, 0.1) is 23.6 Å². The number of ether oxygens (including phenoxy) is 2. The van der Waals surface area contributed by atoms with E-state index in [9.17, 15) is 14.7 Å². The van der Waals surface area contributed by atoms with Crippen molar-refractivity contribution in [2.24, 2.45) is 17.8 Å². The number of amides is 3. The van der Waals surface area contributed by atoms with Crippen LogP contribution in [-0.4, -0.2) is 73.0 Å². The van der Waals surface area contributed by atoms with Crippen molar-refractivity contribution in [2.75, 3.05) is 39.9 Å². The largest absolute Gasteiger partial charge is 0.445 e. The molecule has 0 aromatic heterocycles. The molecule has 8 nitrogen and oxygen atoms in total. The Morgan fingerprint density at radius 3 is 2.51 bits per heavy atom. The summed E-state index contributed by atoms with van der Waals surface area (Å²) in [6.07, 6.45) is 9.42. The molecule has 2 N–H and O–H groups in total. The summed E-state index contributed by atoms with van der Waals surface area (Å²) in [6.45, 7) is 2.60. The molecule has 0 spiro atoms. The molecule has 10 heteroatoms. The van der Waals surface area contributed by atoms with Crippen LogP contribution < -0.4 is 5.32 Å². The van der Waals surface area contributed by atoms with Gasteiger partial charge in [0, 0.05) is 51.4 Å². The van der Waals surface area contributed by atoms with Crippen molar-refractivity contribution in [3.05, 3.63) is 70.5 Å². The molecule has 3 aliphatic rings. The summed E-state index contributed by atoms with van der Waals surface area (Å²) in [5, 5.41) is 15.5. The highest BCUT2D eigenvalue weighted by molar-refractivity contribution is 6.30. The number of likely N-dealkylation sites (tertiary alicyclic amines) is 2. The third-order valence-electron chi connectivity index (χ3n) is 10.7. The predicted octanol–water partition coefficient (Wildman–Crippen LogP) is 7.51. The van der Waals surface area contributed by atoms with E-state index in [0.717, 1.165) is 31.2 Å². The van der Waals surface area contributed by atoms with Gasteiger partial charge >= 0.3 is 12.1 Å². The van der Waals surface area contributed by atoms with Gasteiger partial charge in [0.2, 0.25) is 0 Å². The van der Waals surface area contributed by atoms with Crippen LogP contribution in [0.25, 0.3) is 0 Å². The van der Waals surface area contributed by atoms with Gasteiger partial charge in [0.1, 0.15) is 12.4 Å². The normalized spacial score (nSPS) is 23.6. The Hall–Kier alpha value is -2.88. The molecule has 2 saturated heterocycles. The maximum absolute atomic E-state index is 15.4. The second-order valence-corrected chi connectivity index (χ2v) is 14.1. The summed E-state index contributed by atoms with van der Waals surface area (Å²) in [4.78, 5) is 30.7. The molecule has 2 aromatic rings. The summed E-state index contributed by atoms with van der Waals surface area (Å²) >= 11 is 6.18. The Bertz CT molecular complexity index is 1310. The lowest BCUT2D eigenvalue weighted by molar-refractivity contribution is -0.0590. The number of carbonyl (C=O) groups is 2. The summed E-state index contributed by atoms with van der Waals surface area (Å²) in [5.74, 6) is -0.200. The van der Waals surface area contributed by atoms with Crippen molar-refractivity contribution in [3.63, 3.8) is 0 Å². The lowest BCUT2D eigenvalue weighted by Crippen LogP contribution is -2.59. The molecule has 258 valence electrons. The average Bonchev–Trinajstić information content (AvgIpc) is 3.11.